The Bertz CT molecular complexity index is 854. The number of benzene rings is 1. The summed E-state index contributed by atoms with van der Waals surface area (Å²) in [6.45, 7) is 10.6. The second-order valence-corrected chi connectivity index (χ2v) is 8.61. The van der Waals surface area contributed by atoms with Crippen molar-refractivity contribution in [3.8, 4) is 12.5 Å². The monoisotopic (exact) mass is 445 g/mol. The molecule has 1 aromatic rings. The molecule has 3 N–H and O–H groups in total. The van der Waals surface area contributed by atoms with Gasteiger partial charge in [0, 0.05) is 12.6 Å². The maximum atomic E-state index is 13.2. The van der Waals surface area contributed by atoms with Gasteiger partial charge in [0.15, 0.2) is 0 Å². The van der Waals surface area contributed by atoms with E-state index >= 15 is 0 Å². The molecule has 0 aromatic heterocycles. The minimum absolute atomic E-state index is 0.433. The van der Waals surface area contributed by atoms with Crippen LogP contribution in [0.4, 0.5) is 4.79 Å². The summed E-state index contributed by atoms with van der Waals surface area (Å²) in [6.07, 6.45) is 6.43. The Kier molecular flexibility index (Phi) is 10.2. The maximum Gasteiger partial charge on any atom is 0.408 e. The Hall–Kier alpha value is -3.05. The van der Waals surface area contributed by atoms with Crippen LogP contribution in [0.3, 0.4) is 0 Å². The number of terminal acetylenes is 1. The lowest BCUT2D eigenvalue weighted by atomic mass is 9.98. The van der Waals surface area contributed by atoms with Crippen LogP contribution in [0.15, 0.2) is 18.2 Å². The summed E-state index contributed by atoms with van der Waals surface area (Å²) in [7, 11) is 0. The standard InChI is InChI=1S/C24H35N3O5/c1-8-10-13-25-21(29)20(18-12-11-16(3)17(4)14-18)27(9-2)22(30)19(15-28)26-23(31)32-24(5,6)7/h2,11-12,14,19-20,28H,8,10,13,15H2,1,3-7H3,(H,25,29)(H,26,31). The zero-order valence-electron chi connectivity index (χ0n) is 19.8. The van der Waals surface area contributed by atoms with Crippen LogP contribution in [0.25, 0.3) is 0 Å². The summed E-state index contributed by atoms with van der Waals surface area (Å²) in [4.78, 5) is 39.3. The number of nitrogens with one attached hydrogen (secondary N) is 2. The summed E-state index contributed by atoms with van der Waals surface area (Å²) in [5.74, 6) is -1.24. The third kappa shape index (κ3) is 7.89. The average Bonchev–Trinajstić information content (AvgIpc) is 2.70. The van der Waals surface area contributed by atoms with Gasteiger partial charge in [0.25, 0.3) is 5.91 Å². The summed E-state index contributed by atoms with van der Waals surface area (Å²) in [5.41, 5.74) is 1.70. The number of carbonyl (C=O) groups excluding carboxylic acids is 3. The van der Waals surface area contributed by atoms with Crippen LogP contribution in [-0.2, 0) is 14.3 Å². The number of nitrogens with zero attached hydrogens (tertiary/aromatic N) is 1. The Morgan fingerprint density at radius 1 is 1.22 bits per heavy atom. The number of hydrogen-bond donors (Lipinski definition) is 3. The number of unbranched alkanes of at least 4 members (excludes halogenated alkanes) is 1. The molecular weight excluding hydrogens is 410 g/mol. The molecule has 1 aromatic carbocycles. The molecule has 0 aliphatic carbocycles. The number of aryl methyl sites for hydroxylation is 2. The zero-order chi connectivity index (χ0) is 24.5. The SMILES string of the molecule is C#CN(C(=O)C(CO)NC(=O)OC(C)(C)C)C(C(=O)NCCCC)c1ccc(C)c(C)c1. The van der Waals surface area contributed by atoms with E-state index in [4.69, 9.17) is 11.2 Å². The third-order valence-electron chi connectivity index (χ3n) is 4.73. The minimum Gasteiger partial charge on any atom is -0.444 e. The first-order chi connectivity index (χ1) is 14.9. The molecule has 8 nitrogen and oxygen atoms in total. The van der Waals surface area contributed by atoms with Gasteiger partial charge in [0.1, 0.15) is 17.7 Å². The predicted molar refractivity (Wildman–Crippen MR) is 122 cm³/mol. The second kappa shape index (κ2) is 12.1. The number of aliphatic hydroxyl groups excluding tert-OH is 1. The first-order valence-electron chi connectivity index (χ1n) is 10.7. The highest BCUT2D eigenvalue weighted by Crippen LogP contribution is 2.24. The van der Waals surface area contributed by atoms with Crippen LogP contribution in [0.1, 0.15) is 63.3 Å². The predicted octanol–water partition coefficient (Wildman–Crippen LogP) is 2.57. The van der Waals surface area contributed by atoms with Gasteiger partial charge in [-0.2, -0.15) is 0 Å². The minimum atomic E-state index is -1.38. The third-order valence-corrected chi connectivity index (χ3v) is 4.73. The Labute approximate surface area is 190 Å². The van der Waals surface area contributed by atoms with Gasteiger partial charge in [-0.1, -0.05) is 38.0 Å². The van der Waals surface area contributed by atoms with Gasteiger partial charge in [0.05, 0.1) is 6.61 Å². The molecule has 3 amide bonds. The van der Waals surface area contributed by atoms with Gasteiger partial charge in [0.2, 0.25) is 5.91 Å². The second-order valence-electron chi connectivity index (χ2n) is 8.61. The van der Waals surface area contributed by atoms with Crippen LogP contribution >= 0.6 is 0 Å². The zero-order valence-corrected chi connectivity index (χ0v) is 19.8. The fraction of sp³-hybridized carbons (Fsp3) is 0.542. The van der Waals surface area contributed by atoms with Crippen molar-refractivity contribution in [1.29, 1.82) is 0 Å². The molecule has 1 rings (SSSR count). The molecule has 32 heavy (non-hydrogen) atoms. The van der Waals surface area contributed by atoms with Crippen molar-refractivity contribution in [3.63, 3.8) is 0 Å². The molecule has 2 atom stereocenters. The first-order valence-corrected chi connectivity index (χ1v) is 10.7. The van der Waals surface area contributed by atoms with Crippen molar-refractivity contribution in [2.24, 2.45) is 0 Å². The fourth-order valence-electron chi connectivity index (χ4n) is 2.91. The molecule has 0 spiro atoms. The largest absolute Gasteiger partial charge is 0.444 e. The van der Waals surface area contributed by atoms with Crippen molar-refractivity contribution >= 4 is 17.9 Å². The topological polar surface area (TPSA) is 108 Å². The van der Waals surface area contributed by atoms with Crippen molar-refractivity contribution in [2.75, 3.05) is 13.2 Å². The van der Waals surface area contributed by atoms with E-state index in [1.54, 1.807) is 32.9 Å². The number of carbonyl (C=O) groups is 3. The first kappa shape index (κ1) is 27.0. The Balaban J connectivity index is 3.26. The van der Waals surface area contributed by atoms with Crippen LogP contribution in [-0.4, -0.2) is 52.7 Å². The molecule has 0 saturated carbocycles. The van der Waals surface area contributed by atoms with Crippen molar-refractivity contribution < 1.29 is 24.2 Å². The van der Waals surface area contributed by atoms with Crippen molar-refractivity contribution in [3.05, 3.63) is 34.9 Å². The highest BCUT2D eigenvalue weighted by Gasteiger charge is 2.35. The average molecular weight is 446 g/mol. The summed E-state index contributed by atoms with van der Waals surface area (Å²) >= 11 is 0. The van der Waals surface area contributed by atoms with E-state index in [1.165, 1.54) is 0 Å². The van der Waals surface area contributed by atoms with Gasteiger partial charge in [-0.25, -0.2) is 4.79 Å². The lowest BCUT2D eigenvalue weighted by Crippen LogP contribution is -2.53. The number of alkyl carbamates (subject to hydrolysis) is 1. The van der Waals surface area contributed by atoms with Gasteiger partial charge in [-0.15, -0.1) is 0 Å². The number of amides is 3. The van der Waals surface area contributed by atoms with Crippen LogP contribution < -0.4 is 10.6 Å². The smallest absolute Gasteiger partial charge is 0.408 e. The van der Waals surface area contributed by atoms with E-state index in [-0.39, 0.29) is 0 Å². The lowest BCUT2D eigenvalue weighted by Gasteiger charge is -2.30. The molecule has 0 saturated heterocycles. The number of rotatable bonds is 9. The Morgan fingerprint density at radius 3 is 2.38 bits per heavy atom. The molecular formula is C24H35N3O5. The molecule has 176 valence electrons. The van der Waals surface area contributed by atoms with Gasteiger partial charge < -0.3 is 20.5 Å². The molecule has 0 fully saturated rings. The molecule has 0 heterocycles. The fourth-order valence-corrected chi connectivity index (χ4v) is 2.91. The number of hydrogen-bond acceptors (Lipinski definition) is 5. The van der Waals surface area contributed by atoms with Crippen LogP contribution in [0.5, 0.6) is 0 Å². The molecule has 8 heteroatoms. The summed E-state index contributed by atoms with van der Waals surface area (Å²) in [6, 6.07) is 5.14. The number of aliphatic hydroxyl groups is 1. The van der Waals surface area contributed by atoms with Crippen molar-refractivity contribution in [1.82, 2.24) is 15.5 Å². The molecule has 2 unspecified atom stereocenters. The highest BCUT2D eigenvalue weighted by molar-refractivity contribution is 5.93. The summed E-state index contributed by atoms with van der Waals surface area (Å²) < 4.78 is 5.16. The van der Waals surface area contributed by atoms with E-state index in [0.717, 1.165) is 28.9 Å². The maximum absolute atomic E-state index is 13.2. The van der Waals surface area contributed by atoms with E-state index in [2.05, 4.69) is 16.7 Å². The van der Waals surface area contributed by atoms with Crippen LogP contribution in [0, 0.1) is 26.3 Å². The molecule has 0 aliphatic heterocycles. The highest BCUT2D eigenvalue weighted by atomic mass is 16.6. The van der Waals surface area contributed by atoms with E-state index in [0.29, 0.717) is 12.1 Å². The van der Waals surface area contributed by atoms with E-state index < -0.39 is 42.2 Å². The Morgan fingerprint density at radius 2 is 1.88 bits per heavy atom. The molecule has 0 bridgehead atoms. The van der Waals surface area contributed by atoms with Gasteiger partial charge >= 0.3 is 6.09 Å². The molecule has 0 aliphatic rings. The van der Waals surface area contributed by atoms with E-state index in [1.807, 2.05) is 26.8 Å². The molecule has 0 radical (unpaired) electrons. The summed E-state index contributed by atoms with van der Waals surface area (Å²) in [5, 5.41) is 14.9. The van der Waals surface area contributed by atoms with Gasteiger partial charge in [-0.3, -0.25) is 14.5 Å². The quantitative estimate of drug-likeness (QED) is 0.308. The van der Waals surface area contributed by atoms with E-state index in [9.17, 15) is 19.5 Å². The van der Waals surface area contributed by atoms with Gasteiger partial charge in [-0.05, 0) is 57.7 Å². The lowest BCUT2D eigenvalue weighted by molar-refractivity contribution is -0.139. The van der Waals surface area contributed by atoms with Crippen LogP contribution in [0.2, 0.25) is 0 Å². The normalized spacial score (nSPS) is 12.8. The number of ether oxygens (including phenoxy) is 1. The van der Waals surface area contributed by atoms with Crippen molar-refractivity contribution in [2.45, 2.75) is 72.1 Å².